The molecule has 0 N–H and O–H groups in total. The van der Waals surface area contributed by atoms with E-state index in [2.05, 4.69) is 0 Å². The highest BCUT2D eigenvalue weighted by molar-refractivity contribution is 6.30. The van der Waals surface area contributed by atoms with E-state index < -0.39 is 0 Å². The van der Waals surface area contributed by atoms with Crippen LogP contribution < -0.4 is 9.47 Å². The fourth-order valence-electron chi connectivity index (χ4n) is 3.88. The molecule has 180 valence electrons. The summed E-state index contributed by atoms with van der Waals surface area (Å²) in [6.07, 6.45) is 0. The molecule has 0 bridgehead atoms. The maximum absolute atomic E-state index is 13.5. The molecule has 1 aromatic heterocycles. The molecule has 35 heavy (non-hydrogen) atoms. The molecule has 7 heteroatoms. The third-order valence-electron chi connectivity index (χ3n) is 5.71. The molecule has 0 saturated heterocycles. The number of aromatic nitrogens is 2. The Labute approximate surface area is 210 Å². The normalized spacial score (nSPS) is 10.9. The predicted molar refractivity (Wildman–Crippen MR) is 138 cm³/mol. The number of carbonyl (C=O) groups is 1. The third kappa shape index (κ3) is 5.33. The lowest BCUT2D eigenvalue weighted by molar-refractivity contribution is 0.0689. The van der Waals surface area contributed by atoms with Crippen LogP contribution in [0, 0.1) is 0 Å². The standard InChI is InChI=1S/C28H28ClN3O3/c1-19(2)32(27(33)21-14-16-22(29)17-15-21)18-23-26(20-10-6-5-7-11-20)30-31(3)28(23)35-25-13-9-8-12-24(25)34-4/h5-17,19H,18H2,1-4H3. The molecule has 0 aliphatic rings. The van der Waals surface area contributed by atoms with Crippen molar-refractivity contribution in [3.63, 3.8) is 0 Å². The number of benzene rings is 3. The van der Waals surface area contributed by atoms with Crippen molar-refractivity contribution < 1.29 is 14.3 Å². The molecule has 0 saturated carbocycles. The van der Waals surface area contributed by atoms with Gasteiger partial charge < -0.3 is 14.4 Å². The highest BCUT2D eigenvalue weighted by atomic mass is 35.5. The van der Waals surface area contributed by atoms with Crippen LogP contribution in [0.25, 0.3) is 11.3 Å². The van der Waals surface area contributed by atoms with Crippen molar-refractivity contribution in [2.75, 3.05) is 7.11 Å². The van der Waals surface area contributed by atoms with E-state index >= 15 is 0 Å². The molecule has 4 rings (SSSR count). The van der Waals surface area contributed by atoms with Crippen molar-refractivity contribution >= 4 is 17.5 Å². The number of amides is 1. The lowest BCUT2D eigenvalue weighted by atomic mass is 10.1. The summed E-state index contributed by atoms with van der Waals surface area (Å²) in [5.41, 5.74) is 3.07. The van der Waals surface area contributed by atoms with Crippen molar-refractivity contribution in [1.29, 1.82) is 0 Å². The number of methoxy groups -OCH3 is 1. The summed E-state index contributed by atoms with van der Waals surface area (Å²) >= 11 is 6.04. The number of hydrogen-bond donors (Lipinski definition) is 0. The van der Waals surface area contributed by atoms with Crippen LogP contribution in [0.5, 0.6) is 17.4 Å². The van der Waals surface area contributed by atoms with Crippen molar-refractivity contribution in [2.24, 2.45) is 7.05 Å². The lowest BCUT2D eigenvalue weighted by Gasteiger charge is -2.27. The third-order valence-corrected chi connectivity index (χ3v) is 5.97. The minimum atomic E-state index is -0.0947. The van der Waals surface area contributed by atoms with Crippen LogP contribution in [0.3, 0.4) is 0 Å². The summed E-state index contributed by atoms with van der Waals surface area (Å²) in [7, 11) is 3.44. The molecule has 0 atom stereocenters. The second-order valence-electron chi connectivity index (χ2n) is 8.41. The van der Waals surface area contributed by atoms with Crippen molar-refractivity contribution in [3.05, 3.63) is 95.0 Å². The average Bonchev–Trinajstić information content (AvgIpc) is 3.18. The second-order valence-corrected chi connectivity index (χ2v) is 8.84. The Bertz CT molecular complexity index is 1300. The number of ether oxygens (including phenoxy) is 2. The number of hydrogen-bond acceptors (Lipinski definition) is 4. The number of carbonyl (C=O) groups excluding carboxylic acids is 1. The van der Waals surface area contributed by atoms with E-state index in [4.69, 9.17) is 26.2 Å². The quantitative estimate of drug-likeness (QED) is 0.280. The van der Waals surface area contributed by atoms with Crippen LogP contribution in [-0.4, -0.2) is 33.7 Å². The van der Waals surface area contributed by atoms with Gasteiger partial charge in [0.1, 0.15) is 5.69 Å². The Hall–Kier alpha value is -3.77. The van der Waals surface area contributed by atoms with Gasteiger partial charge in [0, 0.05) is 29.2 Å². The molecule has 0 unspecified atom stereocenters. The van der Waals surface area contributed by atoms with E-state index in [0.717, 1.165) is 16.8 Å². The fourth-order valence-corrected chi connectivity index (χ4v) is 4.00. The molecular formula is C28H28ClN3O3. The molecule has 6 nitrogen and oxygen atoms in total. The first-order valence-electron chi connectivity index (χ1n) is 11.4. The summed E-state index contributed by atoms with van der Waals surface area (Å²) in [5.74, 6) is 1.63. The smallest absolute Gasteiger partial charge is 0.254 e. The molecule has 0 aliphatic carbocycles. The Kier molecular flexibility index (Phi) is 7.42. The highest BCUT2D eigenvalue weighted by Crippen LogP contribution is 2.37. The van der Waals surface area contributed by atoms with E-state index in [1.54, 1.807) is 36.1 Å². The van der Waals surface area contributed by atoms with E-state index in [-0.39, 0.29) is 11.9 Å². The van der Waals surface area contributed by atoms with E-state index in [9.17, 15) is 4.79 Å². The zero-order valence-corrected chi connectivity index (χ0v) is 21.0. The minimum Gasteiger partial charge on any atom is -0.493 e. The average molecular weight is 490 g/mol. The lowest BCUT2D eigenvalue weighted by Crippen LogP contribution is -2.36. The maximum Gasteiger partial charge on any atom is 0.254 e. The molecule has 1 amide bonds. The number of aryl methyl sites for hydroxylation is 1. The molecule has 1 heterocycles. The van der Waals surface area contributed by atoms with Crippen LogP contribution in [0.4, 0.5) is 0 Å². The first-order chi connectivity index (χ1) is 16.9. The highest BCUT2D eigenvalue weighted by Gasteiger charge is 2.27. The maximum atomic E-state index is 13.5. The number of halogens is 1. The summed E-state index contributed by atoms with van der Waals surface area (Å²) < 4.78 is 13.6. The SMILES string of the molecule is COc1ccccc1Oc1c(CN(C(=O)c2ccc(Cl)cc2)C(C)C)c(-c2ccccc2)nn1C. The van der Waals surface area contributed by atoms with Gasteiger partial charge in [-0.05, 0) is 50.2 Å². The van der Waals surface area contributed by atoms with Gasteiger partial charge in [-0.1, -0.05) is 54.1 Å². The Morgan fingerprint density at radius 1 is 0.971 bits per heavy atom. The molecule has 0 spiro atoms. The predicted octanol–water partition coefficient (Wildman–Crippen LogP) is 6.59. The zero-order chi connectivity index (χ0) is 24.9. The van der Waals surface area contributed by atoms with Crippen molar-refractivity contribution in [3.8, 4) is 28.6 Å². The molecule has 0 fully saturated rings. The van der Waals surface area contributed by atoms with Crippen LogP contribution >= 0.6 is 11.6 Å². The Morgan fingerprint density at radius 3 is 2.23 bits per heavy atom. The number of para-hydroxylation sites is 2. The Morgan fingerprint density at radius 2 is 1.60 bits per heavy atom. The van der Waals surface area contributed by atoms with Gasteiger partial charge >= 0.3 is 0 Å². The van der Waals surface area contributed by atoms with Crippen LogP contribution in [0.1, 0.15) is 29.8 Å². The number of rotatable bonds is 8. The van der Waals surface area contributed by atoms with Gasteiger partial charge in [-0.3, -0.25) is 4.79 Å². The summed E-state index contributed by atoms with van der Waals surface area (Å²) in [6.45, 7) is 4.29. The first kappa shape index (κ1) is 24.4. The zero-order valence-electron chi connectivity index (χ0n) is 20.2. The van der Waals surface area contributed by atoms with Crippen LogP contribution in [0.2, 0.25) is 5.02 Å². The first-order valence-corrected chi connectivity index (χ1v) is 11.8. The second kappa shape index (κ2) is 10.7. The fraction of sp³-hybridized carbons (Fsp3) is 0.214. The van der Waals surface area contributed by atoms with Crippen LogP contribution in [0.15, 0.2) is 78.9 Å². The van der Waals surface area contributed by atoms with Gasteiger partial charge in [0.25, 0.3) is 5.91 Å². The van der Waals surface area contributed by atoms with E-state index in [1.807, 2.05) is 80.4 Å². The largest absolute Gasteiger partial charge is 0.493 e. The number of nitrogens with zero attached hydrogens (tertiary/aromatic N) is 3. The van der Waals surface area contributed by atoms with Gasteiger partial charge in [0.2, 0.25) is 5.88 Å². The molecule has 3 aromatic carbocycles. The monoisotopic (exact) mass is 489 g/mol. The van der Waals surface area contributed by atoms with Gasteiger partial charge in [0.05, 0.1) is 19.2 Å². The van der Waals surface area contributed by atoms with Gasteiger partial charge in [-0.25, -0.2) is 4.68 Å². The molecule has 0 radical (unpaired) electrons. The summed E-state index contributed by atoms with van der Waals surface area (Å²) in [5, 5.41) is 5.37. The molecular weight excluding hydrogens is 462 g/mol. The van der Waals surface area contributed by atoms with Crippen molar-refractivity contribution in [1.82, 2.24) is 14.7 Å². The summed E-state index contributed by atoms with van der Waals surface area (Å²) in [6, 6.07) is 24.2. The van der Waals surface area contributed by atoms with E-state index in [1.165, 1.54) is 0 Å². The topological polar surface area (TPSA) is 56.6 Å². The van der Waals surface area contributed by atoms with Gasteiger partial charge in [-0.2, -0.15) is 5.10 Å². The molecule has 0 aliphatic heterocycles. The summed E-state index contributed by atoms with van der Waals surface area (Å²) in [4.78, 5) is 15.3. The van der Waals surface area contributed by atoms with Gasteiger partial charge in [0.15, 0.2) is 11.5 Å². The van der Waals surface area contributed by atoms with Gasteiger partial charge in [-0.15, -0.1) is 0 Å². The van der Waals surface area contributed by atoms with E-state index in [0.29, 0.717) is 34.5 Å². The molecule has 4 aromatic rings. The van der Waals surface area contributed by atoms with Crippen molar-refractivity contribution in [2.45, 2.75) is 26.4 Å². The minimum absolute atomic E-state index is 0.0684. The Balaban J connectivity index is 1.80. The van der Waals surface area contributed by atoms with Crippen LogP contribution in [-0.2, 0) is 13.6 Å².